The van der Waals surface area contributed by atoms with Gasteiger partial charge in [-0.2, -0.15) is 8.78 Å². The second kappa shape index (κ2) is 7.95. The molecular weight excluding hydrogens is 462 g/mol. The Morgan fingerprint density at radius 2 is 1.68 bits per heavy atom. The van der Waals surface area contributed by atoms with Crippen LogP contribution in [0.4, 0.5) is 14.5 Å². The van der Waals surface area contributed by atoms with Crippen molar-refractivity contribution in [2.75, 3.05) is 10.8 Å². The highest BCUT2D eigenvalue weighted by molar-refractivity contribution is 7.93. The third-order valence-corrected chi connectivity index (χ3v) is 7.82. The van der Waals surface area contributed by atoms with Crippen LogP contribution < -0.4 is 9.04 Å². The Morgan fingerprint density at radius 3 is 2.35 bits per heavy atom. The zero-order chi connectivity index (χ0) is 24.2. The van der Waals surface area contributed by atoms with E-state index in [0.717, 1.165) is 15.4 Å². The summed E-state index contributed by atoms with van der Waals surface area (Å²) in [7, 11) is -3.85. The smallest absolute Gasteiger partial charge is 0.387 e. The number of rotatable bonds is 6. The lowest BCUT2D eigenvalue weighted by Gasteiger charge is -2.18. The largest absolute Gasteiger partial charge is 0.435 e. The van der Waals surface area contributed by atoms with E-state index in [-0.39, 0.29) is 23.0 Å². The fraction of sp³-hybridized carbons (Fsp3) is 0.160. The van der Waals surface area contributed by atoms with E-state index in [1.165, 1.54) is 12.1 Å². The molecule has 0 atom stereocenters. The van der Waals surface area contributed by atoms with Crippen molar-refractivity contribution >= 4 is 32.3 Å². The summed E-state index contributed by atoms with van der Waals surface area (Å²) in [6.07, 6.45) is 0. The van der Waals surface area contributed by atoms with Crippen LogP contribution in [0.5, 0.6) is 5.75 Å². The lowest BCUT2D eigenvalue weighted by atomic mass is 10.1. The predicted octanol–water partition coefficient (Wildman–Crippen LogP) is 5.24. The summed E-state index contributed by atoms with van der Waals surface area (Å²) in [5.74, 6) is -0.309. The minimum Gasteiger partial charge on any atom is -0.435 e. The number of carbonyl (C=O) groups is 1. The van der Waals surface area contributed by atoms with E-state index in [4.69, 9.17) is 0 Å². The van der Waals surface area contributed by atoms with E-state index in [1.807, 2.05) is 23.6 Å². The number of Topliss-reactive ketones (excluding diaryl/α,β-unsaturated/α-hetero) is 1. The number of hydrogen-bond donors (Lipinski definition) is 0. The first kappa shape index (κ1) is 22.1. The lowest BCUT2D eigenvalue weighted by molar-refractivity contribution is -0.0498. The van der Waals surface area contributed by atoms with Crippen molar-refractivity contribution < 1.29 is 26.7 Å². The van der Waals surface area contributed by atoms with Gasteiger partial charge in [0.1, 0.15) is 5.75 Å². The molecular formula is C25H20F2N2O4S. The Balaban J connectivity index is 1.48. The van der Waals surface area contributed by atoms with Gasteiger partial charge in [0, 0.05) is 28.0 Å². The molecule has 0 saturated carbocycles. The molecule has 0 amide bonds. The average molecular weight is 483 g/mol. The third kappa shape index (κ3) is 3.43. The summed E-state index contributed by atoms with van der Waals surface area (Å²) in [6, 6.07) is 18.2. The quantitative estimate of drug-likeness (QED) is 0.353. The summed E-state index contributed by atoms with van der Waals surface area (Å²) in [5, 5.41) is 1.42. The number of ketones is 1. The maximum Gasteiger partial charge on any atom is 0.387 e. The van der Waals surface area contributed by atoms with E-state index in [2.05, 4.69) is 4.74 Å². The van der Waals surface area contributed by atoms with Crippen LogP contribution in [0.15, 0.2) is 71.6 Å². The van der Waals surface area contributed by atoms with Crippen molar-refractivity contribution in [1.82, 2.24) is 4.57 Å². The highest BCUT2D eigenvalue weighted by atomic mass is 32.2. The van der Waals surface area contributed by atoms with Crippen molar-refractivity contribution in [3.05, 3.63) is 83.7 Å². The van der Waals surface area contributed by atoms with E-state index in [1.54, 1.807) is 49.4 Å². The molecule has 174 valence electrons. The van der Waals surface area contributed by atoms with Gasteiger partial charge in [-0.3, -0.25) is 9.10 Å². The molecule has 1 aliphatic heterocycles. The number of aryl methyl sites for hydroxylation is 1. The molecule has 0 fully saturated rings. The summed E-state index contributed by atoms with van der Waals surface area (Å²) >= 11 is 0. The molecule has 3 aromatic carbocycles. The van der Waals surface area contributed by atoms with Crippen LogP contribution in [0.1, 0.15) is 21.7 Å². The van der Waals surface area contributed by atoms with Crippen LogP contribution >= 0.6 is 0 Å². The Hall–Kier alpha value is -3.72. The normalized spacial score (nSPS) is 14.2. The molecule has 1 aliphatic rings. The number of benzene rings is 3. The van der Waals surface area contributed by atoms with E-state index in [9.17, 15) is 22.0 Å². The molecule has 0 spiro atoms. The first-order chi connectivity index (χ1) is 16.2. The predicted molar refractivity (Wildman–Crippen MR) is 125 cm³/mol. The van der Waals surface area contributed by atoms with Gasteiger partial charge in [-0.15, -0.1) is 0 Å². The summed E-state index contributed by atoms with van der Waals surface area (Å²) < 4.78 is 58.7. The number of ether oxygens (including phenoxy) is 1. The van der Waals surface area contributed by atoms with Crippen LogP contribution in [-0.2, 0) is 10.0 Å². The number of sulfonamides is 1. The van der Waals surface area contributed by atoms with E-state index < -0.39 is 16.6 Å². The first-order valence-electron chi connectivity index (χ1n) is 10.5. The molecule has 0 bridgehead atoms. The molecule has 9 heteroatoms. The van der Waals surface area contributed by atoms with Crippen molar-refractivity contribution in [2.45, 2.75) is 25.4 Å². The molecule has 0 radical (unpaired) electrons. The first-order valence-corrected chi connectivity index (χ1v) is 11.9. The zero-order valence-electron chi connectivity index (χ0n) is 18.3. The minimum absolute atomic E-state index is 0.0329. The van der Waals surface area contributed by atoms with Gasteiger partial charge in [0.25, 0.3) is 10.0 Å². The van der Waals surface area contributed by atoms with Gasteiger partial charge in [-0.1, -0.05) is 24.3 Å². The molecule has 0 N–H and O–H groups in total. The zero-order valence-corrected chi connectivity index (χ0v) is 19.1. The second-order valence-electron chi connectivity index (χ2n) is 8.06. The van der Waals surface area contributed by atoms with E-state index >= 15 is 0 Å². The van der Waals surface area contributed by atoms with Crippen LogP contribution in [0.25, 0.3) is 16.5 Å². The van der Waals surface area contributed by atoms with Crippen molar-refractivity contribution in [1.29, 1.82) is 0 Å². The number of nitrogens with zero attached hydrogens (tertiary/aromatic N) is 2. The van der Waals surface area contributed by atoms with Gasteiger partial charge in [0.2, 0.25) is 0 Å². The number of halogens is 2. The van der Waals surface area contributed by atoms with Crippen LogP contribution in [-0.4, -0.2) is 31.9 Å². The number of anilines is 1. The Kier molecular flexibility index (Phi) is 5.16. The minimum atomic E-state index is -3.85. The second-order valence-corrected chi connectivity index (χ2v) is 9.89. The number of alkyl halides is 2. The highest BCUT2D eigenvalue weighted by Crippen LogP contribution is 2.42. The molecule has 1 aromatic heterocycles. The van der Waals surface area contributed by atoms with Crippen LogP contribution in [0.3, 0.4) is 0 Å². The maximum atomic E-state index is 13.3. The summed E-state index contributed by atoms with van der Waals surface area (Å²) in [4.78, 5) is 13.5. The molecule has 0 unspecified atom stereocenters. The number of hydrogen-bond acceptors (Lipinski definition) is 4. The van der Waals surface area contributed by atoms with Gasteiger partial charge in [0.05, 0.1) is 17.1 Å². The summed E-state index contributed by atoms with van der Waals surface area (Å²) in [6.45, 7) is 0.333. The molecule has 6 nitrogen and oxygen atoms in total. The third-order valence-electron chi connectivity index (χ3n) is 6.02. The molecule has 34 heavy (non-hydrogen) atoms. The van der Waals surface area contributed by atoms with Gasteiger partial charge in [-0.05, 0) is 61.7 Å². The van der Waals surface area contributed by atoms with Gasteiger partial charge in [0.15, 0.2) is 5.78 Å². The monoisotopic (exact) mass is 482 g/mol. The van der Waals surface area contributed by atoms with Crippen molar-refractivity contribution in [3.63, 3.8) is 0 Å². The van der Waals surface area contributed by atoms with Crippen molar-refractivity contribution in [2.24, 2.45) is 0 Å². The summed E-state index contributed by atoms with van der Waals surface area (Å²) in [5.41, 5.74) is 2.92. The number of aromatic nitrogens is 1. The fourth-order valence-corrected chi connectivity index (χ4v) is 6.23. The van der Waals surface area contributed by atoms with Crippen molar-refractivity contribution in [3.8, 4) is 11.4 Å². The van der Waals surface area contributed by atoms with Crippen LogP contribution in [0.2, 0.25) is 0 Å². The van der Waals surface area contributed by atoms with Gasteiger partial charge < -0.3 is 9.30 Å². The molecule has 4 aromatic rings. The van der Waals surface area contributed by atoms with Crippen LogP contribution in [0, 0.1) is 13.8 Å². The molecule has 5 rings (SSSR count). The topological polar surface area (TPSA) is 68.6 Å². The fourth-order valence-electron chi connectivity index (χ4n) is 4.56. The standard InChI is InChI=1S/C25H20F2N2O4S/c1-15-13-20(16(2)29(15)18-9-11-19(12-10-18)33-25(26)27)22(30)14-28-21-7-3-5-17-6-4-8-23(24(17)21)34(28,31)32/h3-13,25H,14H2,1-2H3. The maximum absolute atomic E-state index is 13.3. The van der Waals surface area contributed by atoms with Gasteiger partial charge in [-0.25, -0.2) is 8.42 Å². The lowest BCUT2D eigenvalue weighted by Crippen LogP contribution is -2.33. The molecule has 0 aliphatic carbocycles. The molecule has 0 saturated heterocycles. The average Bonchev–Trinajstić information content (AvgIpc) is 3.21. The van der Waals surface area contributed by atoms with E-state index in [0.29, 0.717) is 28.0 Å². The Bertz CT molecular complexity index is 1540. The molecule has 2 heterocycles. The SMILES string of the molecule is Cc1cc(C(=O)CN2c3cccc4cccc(c34)S2(=O)=O)c(C)n1-c1ccc(OC(F)F)cc1. The number of carbonyl (C=O) groups excluding carboxylic acids is 1. The van der Waals surface area contributed by atoms with Gasteiger partial charge >= 0.3 is 6.61 Å². The Labute approximate surface area is 195 Å². The Morgan fingerprint density at radius 1 is 1.00 bits per heavy atom. The highest BCUT2D eigenvalue weighted by Gasteiger charge is 2.37.